The van der Waals surface area contributed by atoms with Crippen LogP contribution in [0.1, 0.15) is 46.8 Å². The number of hydrogen-bond acceptors (Lipinski definition) is 3. The lowest BCUT2D eigenvalue weighted by Gasteiger charge is -2.30. The third-order valence-corrected chi connectivity index (χ3v) is 8.65. The molecule has 4 nitrogen and oxygen atoms in total. The maximum atomic E-state index is 14.7. The van der Waals surface area contributed by atoms with Gasteiger partial charge in [-0.15, -0.1) is 0 Å². The minimum absolute atomic E-state index is 0.0733. The van der Waals surface area contributed by atoms with Crippen LogP contribution in [-0.4, -0.2) is 21.6 Å². The van der Waals surface area contributed by atoms with E-state index >= 15 is 0 Å². The van der Waals surface area contributed by atoms with Gasteiger partial charge in [0.1, 0.15) is 0 Å². The summed E-state index contributed by atoms with van der Waals surface area (Å²) >= 11 is 12.4. The standard InChI is InChI=1S/C36H27Cl2N3O/c37-27-17-13-23(14-18-27)21-26-9-6-11-30-34(26)40-41(35(30)25-15-19-28(38)20-16-25)36(42)31-22-33(24-7-2-1-3-8-24)39-32-12-5-4-10-29(31)32/h1-5,7-8,10,12-22,30,35H,6,9,11H2. The molecule has 1 saturated carbocycles. The molecule has 1 aliphatic carbocycles. The monoisotopic (exact) mass is 587 g/mol. The highest BCUT2D eigenvalue weighted by Gasteiger charge is 2.44. The van der Waals surface area contributed by atoms with E-state index in [-0.39, 0.29) is 17.9 Å². The highest BCUT2D eigenvalue weighted by Crippen LogP contribution is 2.45. The summed E-state index contributed by atoms with van der Waals surface area (Å²) in [6.07, 6.45) is 5.05. The van der Waals surface area contributed by atoms with Crippen molar-refractivity contribution in [2.24, 2.45) is 11.0 Å². The zero-order valence-electron chi connectivity index (χ0n) is 22.8. The first-order chi connectivity index (χ1) is 20.5. The van der Waals surface area contributed by atoms with Crippen LogP contribution < -0.4 is 0 Å². The molecule has 0 spiro atoms. The van der Waals surface area contributed by atoms with Gasteiger partial charge >= 0.3 is 0 Å². The van der Waals surface area contributed by atoms with Crippen LogP contribution in [0.4, 0.5) is 0 Å². The molecule has 4 aromatic carbocycles. The van der Waals surface area contributed by atoms with Gasteiger partial charge in [-0.05, 0) is 78.4 Å². The van der Waals surface area contributed by atoms with Gasteiger partial charge in [-0.25, -0.2) is 9.99 Å². The third-order valence-electron chi connectivity index (χ3n) is 8.15. The summed E-state index contributed by atoms with van der Waals surface area (Å²) in [6.45, 7) is 0. The zero-order valence-corrected chi connectivity index (χ0v) is 24.3. The predicted molar refractivity (Wildman–Crippen MR) is 172 cm³/mol. The fraction of sp³-hybridized carbons (Fsp3) is 0.139. The summed E-state index contributed by atoms with van der Waals surface area (Å²) < 4.78 is 0. The van der Waals surface area contributed by atoms with Crippen molar-refractivity contribution in [2.75, 3.05) is 0 Å². The number of allylic oxidation sites excluding steroid dienone is 1. The topological polar surface area (TPSA) is 45.6 Å². The Morgan fingerprint density at radius 3 is 2.29 bits per heavy atom. The number of para-hydroxylation sites is 1. The minimum atomic E-state index is -0.245. The summed E-state index contributed by atoms with van der Waals surface area (Å²) in [5.74, 6) is -0.0670. The second kappa shape index (κ2) is 11.2. The number of halogens is 2. The van der Waals surface area contributed by atoms with E-state index < -0.39 is 0 Å². The first-order valence-corrected chi connectivity index (χ1v) is 14.9. The molecule has 2 atom stereocenters. The molecule has 0 N–H and O–H groups in total. The maximum absolute atomic E-state index is 14.7. The fourth-order valence-electron chi connectivity index (χ4n) is 6.15. The molecule has 2 heterocycles. The molecule has 0 bridgehead atoms. The quantitative estimate of drug-likeness (QED) is 0.210. The molecule has 0 saturated heterocycles. The van der Waals surface area contributed by atoms with Gasteiger partial charge in [-0.2, -0.15) is 5.10 Å². The number of benzene rings is 4. The van der Waals surface area contributed by atoms with Crippen molar-refractivity contribution in [1.82, 2.24) is 9.99 Å². The number of carbonyl (C=O) groups is 1. The maximum Gasteiger partial charge on any atom is 0.275 e. The molecular weight excluding hydrogens is 561 g/mol. The lowest BCUT2D eigenvalue weighted by molar-refractivity contribution is 0.0683. The molecule has 5 aromatic rings. The van der Waals surface area contributed by atoms with Crippen molar-refractivity contribution in [3.05, 3.63) is 142 Å². The van der Waals surface area contributed by atoms with Gasteiger partial charge < -0.3 is 0 Å². The molecule has 7 rings (SSSR count). The highest BCUT2D eigenvalue weighted by atomic mass is 35.5. The number of rotatable bonds is 4. The van der Waals surface area contributed by atoms with Crippen LogP contribution in [0.25, 0.3) is 28.2 Å². The number of aromatic nitrogens is 1. The van der Waals surface area contributed by atoms with E-state index in [1.165, 1.54) is 0 Å². The molecule has 1 amide bonds. The van der Waals surface area contributed by atoms with Crippen LogP contribution in [-0.2, 0) is 0 Å². The number of hydrazone groups is 1. The van der Waals surface area contributed by atoms with Crippen molar-refractivity contribution in [2.45, 2.75) is 25.3 Å². The molecule has 1 aromatic heterocycles. The van der Waals surface area contributed by atoms with Gasteiger partial charge in [0.2, 0.25) is 0 Å². The Kier molecular flexibility index (Phi) is 7.10. The predicted octanol–water partition coefficient (Wildman–Crippen LogP) is 9.65. The van der Waals surface area contributed by atoms with E-state index in [2.05, 4.69) is 6.08 Å². The number of hydrogen-bond donors (Lipinski definition) is 0. The van der Waals surface area contributed by atoms with Gasteiger partial charge in [0, 0.05) is 26.9 Å². The molecule has 2 aliphatic rings. The number of nitrogens with zero attached hydrogens (tertiary/aromatic N) is 3. The first kappa shape index (κ1) is 26.6. The smallest absolute Gasteiger partial charge is 0.267 e. The van der Waals surface area contributed by atoms with Crippen molar-refractivity contribution in [3.63, 3.8) is 0 Å². The number of pyridine rings is 1. The molecule has 0 radical (unpaired) electrons. The van der Waals surface area contributed by atoms with Crippen molar-refractivity contribution >= 4 is 51.8 Å². The van der Waals surface area contributed by atoms with E-state index in [1.807, 2.05) is 109 Å². The average molecular weight is 589 g/mol. The SMILES string of the molecule is O=C(c1cc(-c2ccccc2)nc2ccccc12)N1N=C2C(=Cc3ccc(Cl)cc3)CCCC2C1c1ccc(Cl)cc1. The zero-order chi connectivity index (χ0) is 28.6. The lowest BCUT2D eigenvalue weighted by atomic mass is 9.77. The van der Waals surface area contributed by atoms with Crippen LogP contribution in [0, 0.1) is 5.92 Å². The van der Waals surface area contributed by atoms with Crippen molar-refractivity contribution in [1.29, 1.82) is 0 Å². The second-order valence-corrected chi connectivity index (χ2v) is 11.7. The summed E-state index contributed by atoms with van der Waals surface area (Å²) in [6, 6.07) is 35.1. The fourth-order valence-corrected chi connectivity index (χ4v) is 6.41. The Morgan fingerprint density at radius 2 is 1.52 bits per heavy atom. The van der Waals surface area contributed by atoms with Gasteiger partial charge in [0.05, 0.1) is 28.5 Å². The number of fused-ring (bicyclic) bond motifs is 2. The molecular formula is C36H27Cl2N3O. The summed E-state index contributed by atoms with van der Waals surface area (Å²) in [7, 11) is 0. The van der Waals surface area contributed by atoms with Crippen LogP contribution in [0.3, 0.4) is 0 Å². The largest absolute Gasteiger partial charge is 0.275 e. The van der Waals surface area contributed by atoms with E-state index in [9.17, 15) is 4.79 Å². The first-order valence-electron chi connectivity index (χ1n) is 14.1. The highest BCUT2D eigenvalue weighted by molar-refractivity contribution is 6.30. The Morgan fingerprint density at radius 1 is 0.833 bits per heavy atom. The molecule has 1 fully saturated rings. The Hall–Kier alpha value is -4.25. The summed E-state index contributed by atoms with van der Waals surface area (Å²) in [5.41, 5.74) is 7.31. The minimum Gasteiger partial charge on any atom is -0.267 e. The average Bonchev–Trinajstić information content (AvgIpc) is 3.43. The van der Waals surface area contributed by atoms with Gasteiger partial charge in [-0.3, -0.25) is 4.79 Å². The van der Waals surface area contributed by atoms with Crippen LogP contribution >= 0.6 is 23.2 Å². The van der Waals surface area contributed by atoms with Gasteiger partial charge in [0.15, 0.2) is 0 Å². The molecule has 206 valence electrons. The summed E-state index contributed by atoms with van der Waals surface area (Å²) in [5, 5.41) is 9.01. The number of amides is 1. The Balaban J connectivity index is 1.37. The van der Waals surface area contributed by atoms with Crippen LogP contribution in [0.15, 0.2) is 120 Å². The van der Waals surface area contributed by atoms with E-state index in [1.54, 1.807) is 5.01 Å². The molecule has 2 unspecified atom stereocenters. The third kappa shape index (κ3) is 5.02. The van der Waals surface area contributed by atoms with Crippen molar-refractivity contribution in [3.8, 4) is 11.3 Å². The molecule has 6 heteroatoms. The molecule has 42 heavy (non-hydrogen) atoms. The Labute approximate surface area is 254 Å². The van der Waals surface area contributed by atoms with Gasteiger partial charge in [-0.1, -0.05) is 96.0 Å². The lowest BCUT2D eigenvalue weighted by Crippen LogP contribution is -2.32. The Bertz CT molecular complexity index is 1850. The summed E-state index contributed by atoms with van der Waals surface area (Å²) in [4.78, 5) is 19.6. The normalized spacial score (nSPS) is 19.1. The van der Waals surface area contributed by atoms with E-state index in [0.29, 0.717) is 15.6 Å². The van der Waals surface area contributed by atoms with Crippen LogP contribution in [0.5, 0.6) is 0 Å². The number of carbonyl (C=O) groups excluding carboxylic acids is 1. The van der Waals surface area contributed by atoms with E-state index in [0.717, 1.165) is 63.8 Å². The van der Waals surface area contributed by atoms with E-state index in [4.69, 9.17) is 33.3 Å². The van der Waals surface area contributed by atoms with Crippen LogP contribution in [0.2, 0.25) is 10.0 Å². The van der Waals surface area contributed by atoms with Crippen molar-refractivity contribution < 1.29 is 4.79 Å². The molecule has 1 aliphatic heterocycles. The second-order valence-electron chi connectivity index (χ2n) is 10.8. The van der Waals surface area contributed by atoms with Gasteiger partial charge in [0.25, 0.3) is 5.91 Å².